The number of benzene rings is 1. The number of halogens is 3. The molecule has 29 heavy (non-hydrogen) atoms. The maximum absolute atomic E-state index is 12.9. The summed E-state index contributed by atoms with van der Waals surface area (Å²) in [4.78, 5) is 25.7. The molecule has 0 bridgehead atoms. The first-order chi connectivity index (χ1) is 13.9. The minimum absolute atomic E-state index is 0.0404. The minimum Gasteiger partial charge on any atom is -0.335 e. The number of fused-ring (bicyclic) bond motifs is 1. The Balaban J connectivity index is 1.75. The van der Waals surface area contributed by atoms with E-state index in [0.29, 0.717) is 11.6 Å². The molecule has 6 unspecified atom stereocenters. The van der Waals surface area contributed by atoms with Crippen molar-refractivity contribution >= 4 is 47.0 Å². The SMILES string of the molecule is CC1C(Cl)=CC=C(C2CCC3C(=O)N(CC=O)CC3C2c2ccc(Cl)cc2)C1Cl. The molecule has 4 rings (SSSR count). The molecule has 2 fully saturated rings. The van der Waals surface area contributed by atoms with E-state index >= 15 is 0 Å². The van der Waals surface area contributed by atoms with Crippen LogP contribution in [0.4, 0.5) is 0 Å². The van der Waals surface area contributed by atoms with Crippen LogP contribution in [0.25, 0.3) is 0 Å². The maximum Gasteiger partial charge on any atom is 0.226 e. The highest BCUT2D eigenvalue weighted by molar-refractivity contribution is 6.32. The zero-order valence-corrected chi connectivity index (χ0v) is 18.5. The lowest BCUT2D eigenvalue weighted by Gasteiger charge is -2.42. The van der Waals surface area contributed by atoms with Gasteiger partial charge in [-0.2, -0.15) is 0 Å². The van der Waals surface area contributed by atoms with Crippen LogP contribution in [-0.2, 0) is 9.59 Å². The summed E-state index contributed by atoms with van der Waals surface area (Å²) in [5, 5.41) is 1.31. The molecule has 3 nitrogen and oxygen atoms in total. The van der Waals surface area contributed by atoms with Crippen molar-refractivity contribution < 1.29 is 9.59 Å². The average Bonchev–Trinajstić information content (AvgIpc) is 3.03. The van der Waals surface area contributed by atoms with Crippen LogP contribution in [0.1, 0.15) is 31.2 Å². The fraction of sp³-hybridized carbons (Fsp3) is 0.478. The topological polar surface area (TPSA) is 37.4 Å². The molecular weight excluding hydrogens is 429 g/mol. The van der Waals surface area contributed by atoms with Gasteiger partial charge in [0, 0.05) is 28.4 Å². The Labute approximate surface area is 186 Å². The Hall–Kier alpha value is -1.29. The fourth-order valence-electron chi connectivity index (χ4n) is 5.40. The van der Waals surface area contributed by atoms with E-state index in [1.165, 1.54) is 11.1 Å². The number of aldehydes is 1. The highest BCUT2D eigenvalue weighted by Crippen LogP contribution is 2.53. The van der Waals surface area contributed by atoms with Gasteiger partial charge < -0.3 is 9.69 Å². The van der Waals surface area contributed by atoms with Gasteiger partial charge in [-0.15, -0.1) is 11.6 Å². The zero-order valence-electron chi connectivity index (χ0n) is 16.2. The van der Waals surface area contributed by atoms with Crippen molar-refractivity contribution in [2.45, 2.75) is 31.1 Å². The third-order valence-corrected chi connectivity index (χ3v) is 8.22. The number of hydrogen-bond donors (Lipinski definition) is 0. The molecule has 0 spiro atoms. The van der Waals surface area contributed by atoms with E-state index in [9.17, 15) is 9.59 Å². The van der Waals surface area contributed by atoms with Gasteiger partial charge in [0.25, 0.3) is 0 Å². The lowest BCUT2D eigenvalue weighted by atomic mass is 9.62. The number of hydrogen-bond acceptors (Lipinski definition) is 2. The molecule has 1 saturated heterocycles. The van der Waals surface area contributed by atoms with E-state index in [-0.39, 0.29) is 47.4 Å². The molecule has 0 aromatic heterocycles. The van der Waals surface area contributed by atoms with Crippen LogP contribution >= 0.6 is 34.8 Å². The Morgan fingerprint density at radius 1 is 1.10 bits per heavy atom. The van der Waals surface area contributed by atoms with Crippen LogP contribution in [0.5, 0.6) is 0 Å². The lowest BCUT2D eigenvalue weighted by Crippen LogP contribution is -2.37. The molecule has 6 heteroatoms. The highest BCUT2D eigenvalue weighted by atomic mass is 35.5. The Morgan fingerprint density at radius 3 is 2.48 bits per heavy atom. The summed E-state index contributed by atoms with van der Waals surface area (Å²) < 4.78 is 0. The highest BCUT2D eigenvalue weighted by Gasteiger charge is 2.51. The summed E-state index contributed by atoms with van der Waals surface area (Å²) >= 11 is 19.3. The molecular formula is C23H24Cl3NO2. The van der Waals surface area contributed by atoms with Crippen molar-refractivity contribution in [2.75, 3.05) is 13.1 Å². The molecule has 0 radical (unpaired) electrons. The number of allylic oxidation sites excluding steroid dienone is 4. The molecule has 1 aromatic carbocycles. The Kier molecular flexibility index (Phi) is 6.11. The second kappa shape index (κ2) is 8.45. The smallest absolute Gasteiger partial charge is 0.226 e. The van der Waals surface area contributed by atoms with E-state index in [4.69, 9.17) is 34.8 Å². The van der Waals surface area contributed by atoms with Crippen LogP contribution in [0, 0.1) is 23.7 Å². The van der Waals surface area contributed by atoms with Crippen molar-refractivity contribution in [3.05, 3.63) is 57.6 Å². The summed E-state index contributed by atoms with van der Waals surface area (Å²) in [5.74, 6) is 0.670. The number of carbonyl (C=O) groups is 2. The van der Waals surface area contributed by atoms with E-state index in [1.54, 1.807) is 4.90 Å². The van der Waals surface area contributed by atoms with Gasteiger partial charge in [-0.25, -0.2) is 0 Å². The summed E-state index contributed by atoms with van der Waals surface area (Å²) in [7, 11) is 0. The summed E-state index contributed by atoms with van der Waals surface area (Å²) in [5.41, 5.74) is 2.37. The first kappa shape index (κ1) is 21.0. The molecule has 1 aromatic rings. The van der Waals surface area contributed by atoms with Gasteiger partial charge in [-0.1, -0.05) is 48.3 Å². The first-order valence-corrected chi connectivity index (χ1v) is 11.3. The monoisotopic (exact) mass is 451 g/mol. The first-order valence-electron chi connectivity index (χ1n) is 10.1. The van der Waals surface area contributed by atoms with Crippen LogP contribution in [-0.4, -0.2) is 35.6 Å². The Morgan fingerprint density at radius 2 is 1.79 bits per heavy atom. The van der Waals surface area contributed by atoms with Crippen molar-refractivity contribution in [3.63, 3.8) is 0 Å². The number of likely N-dealkylation sites (tertiary alicyclic amines) is 1. The van der Waals surface area contributed by atoms with E-state index < -0.39 is 0 Å². The van der Waals surface area contributed by atoms with Crippen LogP contribution in [0.2, 0.25) is 5.02 Å². The van der Waals surface area contributed by atoms with Crippen molar-refractivity contribution in [1.29, 1.82) is 0 Å². The van der Waals surface area contributed by atoms with E-state index in [1.807, 2.05) is 18.2 Å². The number of nitrogens with zero attached hydrogens (tertiary/aromatic N) is 1. The number of amides is 1. The number of carbonyl (C=O) groups excluding carboxylic acids is 2. The number of rotatable bonds is 4. The van der Waals surface area contributed by atoms with Crippen molar-refractivity contribution in [2.24, 2.45) is 23.7 Å². The third kappa shape index (κ3) is 3.78. The third-order valence-electron chi connectivity index (χ3n) is 6.87. The summed E-state index contributed by atoms with van der Waals surface area (Å²) in [6, 6.07) is 7.94. The van der Waals surface area contributed by atoms with Crippen molar-refractivity contribution in [3.8, 4) is 0 Å². The van der Waals surface area contributed by atoms with Crippen molar-refractivity contribution in [1.82, 2.24) is 4.90 Å². The largest absolute Gasteiger partial charge is 0.335 e. The summed E-state index contributed by atoms with van der Waals surface area (Å²) in [6.07, 6.45) is 6.57. The molecule has 1 saturated carbocycles. The van der Waals surface area contributed by atoms with Gasteiger partial charge in [0.1, 0.15) is 6.29 Å². The van der Waals surface area contributed by atoms with Gasteiger partial charge in [-0.05, 0) is 59.9 Å². The van der Waals surface area contributed by atoms with Gasteiger partial charge >= 0.3 is 0 Å². The second-order valence-electron chi connectivity index (χ2n) is 8.35. The average molecular weight is 453 g/mol. The predicted octanol–water partition coefficient (Wildman–Crippen LogP) is 5.41. The predicted molar refractivity (Wildman–Crippen MR) is 117 cm³/mol. The molecule has 1 heterocycles. The Bertz CT molecular complexity index is 863. The van der Waals surface area contributed by atoms with Crippen LogP contribution in [0.3, 0.4) is 0 Å². The lowest BCUT2D eigenvalue weighted by molar-refractivity contribution is -0.133. The van der Waals surface area contributed by atoms with Gasteiger partial charge in [-0.3, -0.25) is 4.79 Å². The van der Waals surface area contributed by atoms with Gasteiger partial charge in [0.2, 0.25) is 5.91 Å². The fourth-order valence-corrected chi connectivity index (χ4v) is 6.15. The molecule has 1 aliphatic heterocycles. The minimum atomic E-state index is -0.160. The van der Waals surface area contributed by atoms with Gasteiger partial charge in [0.05, 0.1) is 11.9 Å². The van der Waals surface area contributed by atoms with E-state index in [0.717, 1.165) is 24.2 Å². The van der Waals surface area contributed by atoms with Gasteiger partial charge in [0.15, 0.2) is 0 Å². The number of alkyl halides is 1. The second-order valence-corrected chi connectivity index (χ2v) is 9.69. The maximum atomic E-state index is 12.9. The molecule has 6 atom stereocenters. The normalized spacial score (nSPS) is 34.5. The van der Waals surface area contributed by atoms with Crippen LogP contribution in [0.15, 0.2) is 47.0 Å². The van der Waals surface area contributed by atoms with E-state index in [2.05, 4.69) is 25.1 Å². The molecule has 154 valence electrons. The molecule has 0 N–H and O–H groups in total. The van der Waals surface area contributed by atoms with Crippen LogP contribution < -0.4 is 0 Å². The molecule has 1 amide bonds. The zero-order chi connectivity index (χ0) is 20.7. The standard InChI is InChI=1S/C23H24Cl3NO2/c1-13-20(25)9-8-17(22(13)26)16-6-7-18-19(12-27(10-11-28)23(18)29)21(16)14-2-4-15(24)5-3-14/h2-5,8-9,11,13,16,18-19,21-22H,6-7,10,12H2,1H3. The summed E-state index contributed by atoms with van der Waals surface area (Å²) in [6.45, 7) is 2.83. The quantitative estimate of drug-likeness (QED) is 0.452. The molecule has 2 aliphatic carbocycles. The molecule has 3 aliphatic rings.